The van der Waals surface area contributed by atoms with Gasteiger partial charge in [-0.3, -0.25) is 14.1 Å². The Labute approximate surface area is 163 Å². The number of carbonyl (C=O) groups excluding carboxylic acids is 2. The molecule has 1 unspecified atom stereocenters. The van der Waals surface area contributed by atoms with Crippen molar-refractivity contribution >= 4 is 27.9 Å². The second-order valence-electron chi connectivity index (χ2n) is 5.96. The van der Waals surface area contributed by atoms with Crippen molar-refractivity contribution in [2.45, 2.75) is 19.0 Å². The van der Waals surface area contributed by atoms with E-state index in [0.717, 1.165) is 5.56 Å². The lowest BCUT2D eigenvalue weighted by atomic mass is 10.0. The number of carbonyl (C=O) groups is 2. The minimum atomic E-state index is -4.36. The van der Waals surface area contributed by atoms with Crippen LogP contribution in [0.25, 0.3) is 0 Å². The first kappa shape index (κ1) is 21.2. The zero-order chi connectivity index (χ0) is 20.6. The second kappa shape index (κ2) is 9.72. The third-order valence-electron chi connectivity index (χ3n) is 3.80. The minimum Gasteiger partial charge on any atom is -0.357 e. The molecule has 9 nitrogen and oxygen atoms in total. The van der Waals surface area contributed by atoms with Crippen LogP contribution in [-0.2, 0) is 28.1 Å². The summed E-state index contributed by atoms with van der Waals surface area (Å²) in [6.07, 6.45) is 0.199. The molecule has 0 saturated heterocycles. The Morgan fingerprint density at radius 1 is 1.00 bits per heavy atom. The van der Waals surface area contributed by atoms with Crippen molar-refractivity contribution in [3.63, 3.8) is 0 Å². The van der Waals surface area contributed by atoms with Crippen molar-refractivity contribution in [3.05, 3.63) is 65.7 Å². The normalized spacial score (nSPS) is 11.9. The van der Waals surface area contributed by atoms with Gasteiger partial charge in [-0.25, -0.2) is 4.79 Å². The molecule has 10 heteroatoms. The van der Waals surface area contributed by atoms with Crippen molar-refractivity contribution in [3.8, 4) is 0 Å². The van der Waals surface area contributed by atoms with Crippen LogP contribution in [0.4, 0.5) is 10.5 Å². The van der Waals surface area contributed by atoms with Crippen LogP contribution in [0.15, 0.2) is 54.6 Å². The van der Waals surface area contributed by atoms with Crippen LogP contribution in [0.3, 0.4) is 0 Å². The van der Waals surface area contributed by atoms with Gasteiger partial charge in [-0.15, -0.1) is 0 Å². The quantitative estimate of drug-likeness (QED) is 0.418. The number of amides is 3. The van der Waals surface area contributed by atoms with Gasteiger partial charge < -0.3 is 16.0 Å². The van der Waals surface area contributed by atoms with E-state index in [2.05, 4.69) is 16.0 Å². The van der Waals surface area contributed by atoms with Gasteiger partial charge in [0.25, 0.3) is 0 Å². The molecule has 0 saturated carbocycles. The van der Waals surface area contributed by atoms with Crippen LogP contribution in [0.2, 0.25) is 0 Å². The van der Waals surface area contributed by atoms with E-state index in [-0.39, 0.29) is 18.0 Å². The summed E-state index contributed by atoms with van der Waals surface area (Å²) in [7, 11) is -2.88. The Balaban J connectivity index is 1.97. The molecule has 0 aliphatic rings. The van der Waals surface area contributed by atoms with Gasteiger partial charge in [-0.1, -0.05) is 42.5 Å². The molecular weight excluding hydrogens is 384 g/mol. The van der Waals surface area contributed by atoms with Crippen molar-refractivity contribution < 1.29 is 22.6 Å². The third kappa shape index (κ3) is 7.25. The van der Waals surface area contributed by atoms with Gasteiger partial charge in [0, 0.05) is 20.0 Å². The Morgan fingerprint density at radius 2 is 1.64 bits per heavy atom. The first-order valence-electron chi connectivity index (χ1n) is 8.41. The molecule has 1 atom stereocenters. The molecule has 0 aliphatic carbocycles. The van der Waals surface area contributed by atoms with Crippen LogP contribution in [0.5, 0.6) is 0 Å². The predicted octanol–water partition coefficient (Wildman–Crippen LogP) is 1.06. The predicted molar refractivity (Wildman–Crippen MR) is 105 cm³/mol. The van der Waals surface area contributed by atoms with Crippen LogP contribution in [0.1, 0.15) is 11.1 Å². The van der Waals surface area contributed by atoms with E-state index in [4.69, 9.17) is 4.55 Å². The van der Waals surface area contributed by atoms with Crippen molar-refractivity contribution in [1.82, 2.24) is 16.0 Å². The minimum absolute atomic E-state index is 0.177. The van der Waals surface area contributed by atoms with E-state index in [9.17, 15) is 18.0 Å². The summed E-state index contributed by atoms with van der Waals surface area (Å²) in [5, 5.41) is 7.82. The number of benzene rings is 2. The SMILES string of the molecule is CNC(=O)C(Cc1ccc(NS(=O)(=O)O)cc1)NC(=O)NCc1ccccc1. The first-order chi connectivity index (χ1) is 13.3. The van der Waals surface area contributed by atoms with Crippen LogP contribution in [0, 0.1) is 0 Å². The fraction of sp³-hybridized carbons (Fsp3) is 0.222. The van der Waals surface area contributed by atoms with E-state index in [1.165, 1.54) is 19.2 Å². The summed E-state index contributed by atoms with van der Waals surface area (Å²) in [6.45, 7) is 0.323. The number of urea groups is 1. The lowest BCUT2D eigenvalue weighted by molar-refractivity contribution is -0.122. The fourth-order valence-corrected chi connectivity index (χ4v) is 2.90. The highest BCUT2D eigenvalue weighted by Gasteiger charge is 2.20. The van der Waals surface area contributed by atoms with Crippen molar-refractivity contribution in [1.29, 1.82) is 0 Å². The molecule has 2 aromatic carbocycles. The highest BCUT2D eigenvalue weighted by atomic mass is 32.2. The summed E-state index contributed by atoms with van der Waals surface area (Å²) in [5.74, 6) is -0.366. The molecule has 28 heavy (non-hydrogen) atoms. The maximum absolute atomic E-state index is 12.1. The average Bonchev–Trinajstić information content (AvgIpc) is 2.66. The molecule has 0 aromatic heterocycles. The molecular formula is C18H22N4O5S. The van der Waals surface area contributed by atoms with Crippen LogP contribution < -0.4 is 20.7 Å². The van der Waals surface area contributed by atoms with Gasteiger partial charge in [0.05, 0.1) is 5.69 Å². The lowest BCUT2D eigenvalue weighted by Gasteiger charge is -2.18. The molecule has 0 spiro atoms. The topological polar surface area (TPSA) is 137 Å². The Morgan fingerprint density at radius 3 is 2.21 bits per heavy atom. The summed E-state index contributed by atoms with van der Waals surface area (Å²) < 4.78 is 32.3. The maximum atomic E-state index is 12.1. The molecule has 5 N–H and O–H groups in total. The molecule has 0 radical (unpaired) electrons. The molecule has 0 fully saturated rings. The van der Waals surface area contributed by atoms with Crippen LogP contribution >= 0.6 is 0 Å². The van der Waals surface area contributed by atoms with Crippen molar-refractivity contribution in [2.24, 2.45) is 0 Å². The summed E-state index contributed by atoms with van der Waals surface area (Å²) in [5.41, 5.74) is 1.80. The van der Waals surface area contributed by atoms with Gasteiger partial charge in [-0.2, -0.15) is 8.42 Å². The highest BCUT2D eigenvalue weighted by Crippen LogP contribution is 2.12. The summed E-state index contributed by atoms with van der Waals surface area (Å²) in [4.78, 5) is 24.2. The van der Waals surface area contributed by atoms with Crippen LogP contribution in [-0.4, -0.2) is 38.0 Å². The zero-order valence-corrected chi connectivity index (χ0v) is 16.0. The Hall–Kier alpha value is -3.11. The largest absolute Gasteiger partial charge is 0.357 e. The number of hydrogen-bond donors (Lipinski definition) is 5. The molecule has 150 valence electrons. The maximum Gasteiger partial charge on any atom is 0.357 e. The number of hydrogen-bond acceptors (Lipinski definition) is 4. The molecule has 2 rings (SSSR count). The second-order valence-corrected chi connectivity index (χ2v) is 7.11. The van der Waals surface area contributed by atoms with Crippen molar-refractivity contribution in [2.75, 3.05) is 11.8 Å². The van der Waals surface area contributed by atoms with Gasteiger partial charge in [0.2, 0.25) is 5.91 Å². The lowest BCUT2D eigenvalue weighted by Crippen LogP contribution is -2.50. The number of nitrogens with one attached hydrogen (secondary N) is 4. The molecule has 0 aliphatic heterocycles. The number of anilines is 1. The smallest absolute Gasteiger partial charge is 0.357 e. The summed E-state index contributed by atoms with van der Waals surface area (Å²) >= 11 is 0. The third-order valence-corrected chi connectivity index (χ3v) is 4.30. The van der Waals surface area contributed by atoms with Gasteiger partial charge >= 0.3 is 16.3 Å². The number of rotatable bonds is 8. The summed E-state index contributed by atoms with van der Waals surface area (Å²) in [6, 6.07) is 14.1. The standard InChI is InChI=1S/C18H22N4O5S/c1-19-17(23)16(21-18(24)20-12-14-5-3-2-4-6-14)11-13-7-9-15(10-8-13)22-28(25,26)27/h2-10,16,22H,11-12H2,1H3,(H,19,23)(H2,20,21,24)(H,25,26,27). The molecule has 3 amide bonds. The first-order valence-corrected chi connectivity index (χ1v) is 9.85. The van der Waals surface area contributed by atoms with E-state index in [1.807, 2.05) is 35.1 Å². The van der Waals surface area contributed by atoms with E-state index in [0.29, 0.717) is 12.1 Å². The number of likely N-dealkylation sites (N-methyl/N-ethyl adjacent to an activating group) is 1. The monoisotopic (exact) mass is 406 g/mol. The Bertz CT molecular complexity index is 901. The van der Waals surface area contributed by atoms with Gasteiger partial charge in [0.15, 0.2) is 0 Å². The molecule has 0 heterocycles. The Kier molecular flexibility index (Phi) is 7.36. The van der Waals surface area contributed by atoms with E-state index in [1.54, 1.807) is 12.1 Å². The van der Waals surface area contributed by atoms with Gasteiger partial charge in [-0.05, 0) is 23.3 Å². The molecule has 2 aromatic rings. The highest BCUT2D eigenvalue weighted by molar-refractivity contribution is 7.87. The fourth-order valence-electron chi connectivity index (χ4n) is 2.46. The van der Waals surface area contributed by atoms with E-state index >= 15 is 0 Å². The van der Waals surface area contributed by atoms with E-state index < -0.39 is 22.4 Å². The molecule has 0 bridgehead atoms. The average molecular weight is 406 g/mol. The van der Waals surface area contributed by atoms with Gasteiger partial charge in [0.1, 0.15) is 6.04 Å². The zero-order valence-electron chi connectivity index (χ0n) is 15.2.